The first-order valence-electron chi connectivity index (χ1n) is 3.31. The number of benzene rings is 1. The summed E-state index contributed by atoms with van der Waals surface area (Å²) >= 11 is 2.01. The second kappa shape index (κ2) is 3.30. The molecule has 0 aliphatic rings. The fraction of sp³-hybridized carbons (Fsp3) is 0.125. The Balaban J connectivity index is 3.33. The molecule has 64 valence electrons. The molecule has 0 aliphatic heterocycles. The molecule has 0 radical (unpaired) electrons. The van der Waals surface area contributed by atoms with Crippen LogP contribution in [-0.4, -0.2) is 11.1 Å². The largest absolute Gasteiger partial charge is 0.478 e. The monoisotopic (exact) mass is 277 g/mol. The van der Waals surface area contributed by atoms with Gasteiger partial charge in [-0.3, -0.25) is 0 Å². The Morgan fingerprint density at radius 2 is 2.17 bits per heavy atom. The molecule has 1 rings (SSSR count). The Morgan fingerprint density at radius 3 is 2.67 bits per heavy atom. The number of rotatable bonds is 1. The third-order valence-corrected chi connectivity index (χ3v) is 2.51. The molecule has 3 N–H and O–H groups in total. The van der Waals surface area contributed by atoms with Gasteiger partial charge in [0.05, 0.1) is 5.56 Å². The molecule has 12 heavy (non-hydrogen) atoms. The molecule has 0 heterocycles. The number of hydrogen-bond acceptors (Lipinski definition) is 2. The normalized spacial score (nSPS) is 9.83. The van der Waals surface area contributed by atoms with Gasteiger partial charge in [0.1, 0.15) is 0 Å². The molecule has 0 bridgehead atoms. The van der Waals surface area contributed by atoms with E-state index in [0.29, 0.717) is 16.8 Å². The lowest BCUT2D eigenvalue weighted by atomic mass is 10.1. The maximum atomic E-state index is 10.6. The van der Waals surface area contributed by atoms with Crippen LogP contribution in [0.15, 0.2) is 12.1 Å². The standard InChI is InChI=1S/C8H8INO2/c1-4-2-7(10)6(9)3-5(4)8(11)12/h2-3H,10H2,1H3,(H,11,12). The second-order valence-corrected chi connectivity index (χ2v) is 3.66. The molecule has 0 spiro atoms. The van der Waals surface area contributed by atoms with Crippen LogP contribution >= 0.6 is 22.6 Å². The highest BCUT2D eigenvalue weighted by atomic mass is 127. The number of carbonyl (C=O) groups is 1. The van der Waals surface area contributed by atoms with Gasteiger partial charge in [-0.15, -0.1) is 0 Å². The fourth-order valence-electron chi connectivity index (χ4n) is 0.934. The van der Waals surface area contributed by atoms with Crippen LogP contribution in [-0.2, 0) is 0 Å². The van der Waals surface area contributed by atoms with Crippen LogP contribution in [0.1, 0.15) is 15.9 Å². The summed E-state index contributed by atoms with van der Waals surface area (Å²) < 4.78 is 0.774. The maximum Gasteiger partial charge on any atom is 0.335 e. The van der Waals surface area contributed by atoms with Crippen molar-refractivity contribution in [3.05, 3.63) is 26.8 Å². The van der Waals surface area contributed by atoms with Crippen LogP contribution in [0.3, 0.4) is 0 Å². The highest BCUT2D eigenvalue weighted by Crippen LogP contribution is 2.19. The third kappa shape index (κ3) is 1.69. The van der Waals surface area contributed by atoms with Crippen LogP contribution < -0.4 is 5.73 Å². The molecular weight excluding hydrogens is 269 g/mol. The molecule has 0 saturated carbocycles. The van der Waals surface area contributed by atoms with Gasteiger partial charge in [0, 0.05) is 9.26 Å². The van der Waals surface area contributed by atoms with Crippen LogP contribution in [0.2, 0.25) is 0 Å². The van der Waals surface area contributed by atoms with E-state index in [1.807, 2.05) is 22.6 Å². The molecule has 0 fully saturated rings. The van der Waals surface area contributed by atoms with Crippen molar-refractivity contribution in [1.29, 1.82) is 0 Å². The van der Waals surface area contributed by atoms with E-state index < -0.39 is 5.97 Å². The average molecular weight is 277 g/mol. The second-order valence-electron chi connectivity index (χ2n) is 2.49. The van der Waals surface area contributed by atoms with Gasteiger partial charge in [-0.1, -0.05) is 0 Å². The van der Waals surface area contributed by atoms with Gasteiger partial charge < -0.3 is 10.8 Å². The highest BCUT2D eigenvalue weighted by Gasteiger charge is 2.08. The SMILES string of the molecule is Cc1cc(N)c(I)cc1C(=O)O. The van der Waals surface area contributed by atoms with Gasteiger partial charge >= 0.3 is 5.97 Å². The van der Waals surface area contributed by atoms with Crippen molar-refractivity contribution in [2.75, 3.05) is 5.73 Å². The van der Waals surface area contributed by atoms with Crippen LogP contribution in [0.4, 0.5) is 5.69 Å². The molecular formula is C8H8INO2. The predicted molar refractivity (Wildman–Crippen MR) is 55.3 cm³/mol. The van der Waals surface area contributed by atoms with Crippen molar-refractivity contribution in [2.45, 2.75) is 6.92 Å². The van der Waals surface area contributed by atoms with Gasteiger partial charge in [0.2, 0.25) is 0 Å². The van der Waals surface area contributed by atoms with Crippen molar-refractivity contribution in [3.63, 3.8) is 0 Å². The minimum Gasteiger partial charge on any atom is -0.478 e. The highest BCUT2D eigenvalue weighted by molar-refractivity contribution is 14.1. The number of aryl methyl sites for hydroxylation is 1. The van der Waals surface area contributed by atoms with E-state index in [4.69, 9.17) is 10.8 Å². The molecule has 0 unspecified atom stereocenters. The van der Waals surface area contributed by atoms with E-state index in [-0.39, 0.29) is 0 Å². The van der Waals surface area contributed by atoms with Crippen LogP contribution in [0, 0.1) is 10.5 Å². The Kier molecular flexibility index (Phi) is 2.56. The van der Waals surface area contributed by atoms with Gasteiger partial charge in [0.25, 0.3) is 0 Å². The molecule has 1 aromatic carbocycles. The number of carboxylic acid groups (broad SMARTS) is 1. The van der Waals surface area contributed by atoms with Gasteiger partial charge in [-0.25, -0.2) is 4.79 Å². The lowest BCUT2D eigenvalue weighted by molar-refractivity contribution is 0.0696. The summed E-state index contributed by atoms with van der Waals surface area (Å²) in [6, 6.07) is 3.25. The zero-order valence-corrected chi connectivity index (χ0v) is 8.62. The quantitative estimate of drug-likeness (QED) is 0.608. The van der Waals surface area contributed by atoms with E-state index >= 15 is 0 Å². The Labute approximate surface area is 83.7 Å². The number of anilines is 1. The molecule has 3 nitrogen and oxygen atoms in total. The topological polar surface area (TPSA) is 63.3 Å². The molecule has 0 aromatic heterocycles. The molecule has 4 heteroatoms. The van der Waals surface area contributed by atoms with E-state index in [1.165, 1.54) is 0 Å². The number of aromatic carboxylic acids is 1. The molecule has 0 aliphatic carbocycles. The lowest BCUT2D eigenvalue weighted by Gasteiger charge is -2.03. The predicted octanol–water partition coefficient (Wildman–Crippen LogP) is 1.88. The first kappa shape index (κ1) is 9.31. The number of nitrogens with two attached hydrogens (primary N) is 1. The molecule has 0 atom stereocenters. The van der Waals surface area contributed by atoms with E-state index in [9.17, 15) is 4.79 Å². The molecule has 0 amide bonds. The van der Waals surface area contributed by atoms with E-state index in [2.05, 4.69) is 0 Å². The summed E-state index contributed by atoms with van der Waals surface area (Å²) in [5.74, 6) is -0.912. The summed E-state index contributed by atoms with van der Waals surface area (Å²) in [5.41, 5.74) is 7.22. The van der Waals surface area contributed by atoms with Crippen molar-refractivity contribution in [2.24, 2.45) is 0 Å². The first-order valence-corrected chi connectivity index (χ1v) is 4.39. The summed E-state index contributed by atoms with van der Waals surface area (Å²) in [6.45, 7) is 1.73. The minimum absolute atomic E-state index is 0.314. The van der Waals surface area contributed by atoms with E-state index in [0.717, 1.165) is 3.57 Å². The first-order chi connectivity index (χ1) is 5.52. The van der Waals surface area contributed by atoms with Gasteiger partial charge in [-0.2, -0.15) is 0 Å². The average Bonchev–Trinajstić information content (AvgIpc) is 1.96. The zero-order chi connectivity index (χ0) is 9.30. The van der Waals surface area contributed by atoms with Gasteiger partial charge in [0.15, 0.2) is 0 Å². The summed E-state index contributed by atoms with van der Waals surface area (Å²) in [5, 5.41) is 8.74. The fourth-order valence-corrected chi connectivity index (χ4v) is 1.40. The van der Waals surface area contributed by atoms with E-state index in [1.54, 1.807) is 19.1 Å². The summed E-state index contributed by atoms with van der Waals surface area (Å²) in [7, 11) is 0. The smallest absolute Gasteiger partial charge is 0.335 e. The zero-order valence-electron chi connectivity index (χ0n) is 6.47. The Morgan fingerprint density at radius 1 is 1.58 bits per heavy atom. The Hall–Kier alpha value is -0.780. The Bertz CT molecular complexity index is 336. The summed E-state index contributed by atoms with van der Waals surface area (Å²) in [4.78, 5) is 10.6. The molecule has 0 saturated heterocycles. The van der Waals surface area contributed by atoms with Crippen LogP contribution in [0.5, 0.6) is 0 Å². The van der Waals surface area contributed by atoms with Crippen molar-refractivity contribution < 1.29 is 9.90 Å². The number of carboxylic acids is 1. The molecule has 1 aromatic rings. The maximum absolute atomic E-state index is 10.6. The van der Waals surface area contributed by atoms with Crippen LogP contribution in [0.25, 0.3) is 0 Å². The van der Waals surface area contributed by atoms with Crippen molar-refractivity contribution in [1.82, 2.24) is 0 Å². The number of hydrogen-bond donors (Lipinski definition) is 2. The van der Waals surface area contributed by atoms with Crippen molar-refractivity contribution in [3.8, 4) is 0 Å². The third-order valence-electron chi connectivity index (χ3n) is 1.57. The lowest BCUT2D eigenvalue weighted by Crippen LogP contribution is -2.02. The minimum atomic E-state index is -0.912. The van der Waals surface area contributed by atoms with Crippen molar-refractivity contribution >= 4 is 34.2 Å². The number of nitrogen functional groups attached to an aromatic ring is 1. The number of halogens is 1. The van der Waals surface area contributed by atoms with Gasteiger partial charge in [-0.05, 0) is 47.2 Å². The summed E-state index contributed by atoms with van der Waals surface area (Å²) in [6.07, 6.45) is 0.